The van der Waals surface area contributed by atoms with Crippen molar-refractivity contribution in [2.45, 2.75) is 18.7 Å². The van der Waals surface area contributed by atoms with Gasteiger partial charge in [0.1, 0.15) is 23.1 Å². The van der Waals surface area contributed by atoms with Crippen molar-refractivity contribution in [3.63, 3.8) is 0 Å². The number of aromatic nitrogens is 1. The lowest BCUT2D eigenvalue weighted by atomic mass is 9.93. The Balaban J connectivity index is 1.73. The highest BCUT2D eigenvalue weighted by Crippen LogP contribution is 2.39. The zero-order valence-electron chi connectivity index (χ0n) is 12.6. The zero-order valence-corrected chi connectivity index (χ0v) is 12.6. The number of halogens is 4. The number of pyridine rings is 1. The number of ether oxygens (including phenoxy) is 1. The maximum Gasteiger partial charge on any atom is 0.420 e. The van der Waals surface area contributed by atoms with Crippen molar-refractivity contribution in [3.8, 4) is 11.5 Å². The van der Waals surface area contributed by atoms with Crippen molar-refractivity contribution < 1.29 is 27.4 Å². The van der Waals surface area contributed by atoms with Crippen molar-refractivity contribution in [3.05, 3.63) is 47.9 Å². The van der Waals surface area contributed by atoms with Crippen molar-refractivity contribution in [1.82, 2.24) is 4.98 Å². The third-order valence-electron chi connectivity index (χ3n) is 3.85. The third-order valence-corrected chi connectivity index (χ3v) is 3.85. The minimum Gasteiger partial charge on any atom is -0.457 e. The van der Waals surface area contributed by atoms with Crippen LogP contribution in [-0.2, 0) is 0 Å². The van der Waals surface area contributed by atoms with Crippen LogP contribution in [0.1, 0.15) is 5.56 Å². The van der Waals surface area contributed by atoms with Gasteiger partial charge in [-0.25, -0.2) is 9.37 Å². The maximum atomic E-state index is 13.5. The van der Waals surface area contributed by atoms with Gasteiger partial charge in [-0.1, -0.05) is 6.07 Å². The summed E-state index contributed by atoms with van der Waals surface area (Å²) in [5, 5.41) is 9.47. The van der Waals surface area contributed by atoms with E-state index in [0.717, 1.165) is 0 Å². The summed E-state index contributed by atoms with van der Waals surface area (Å²) >= 11 is 0. The second-order valence-corrected chi connectivity index (χ2v) is 5.75. The molecule has 1 fully saturated rings. The van der Waals surface area contributed by atoms with Gasteiger partial charge in [-0.3, -0.25) is 0 Å². The standard InChI is InChI=1S/C16H14F4N2O2/c1-10-2-3-11(6-13(10)17)24-12-4-5-21-14(7-12)22-8-15(23,9-22)16(18,19)20/h2-7,23H,8-9H2,1H3. The fourth-order valence-corrected chi connectivity index (χ4v) is 2.34. The van der Waals surface area contributed by atoms with Crippen LogP contribution in [0, 0.1) is 12.7 Å². The fourth-order valence-electron chi connectivity index (χ4n) is 2.34. The number of anilines is 1. The van der Waals surface area contributed by atoms with Crippen molar-refractivity contribution >= 4 is 5.82 Å². The Bertz CT molecular complexity index is 758. The molecule has 1 saturated heterocycles. The first-order valence-corrected chi connectivity index (χ1v) is 7.12. The third kappa shape index (κ3) is 3.01. The summed E-state index contributed by atoms with van der Waals surface area (Å²) in [4.78, 5) is 5.26. The van der Waals surface area contributed by atoms with E-state index in [0.29, 0.717) is 11.3 Å². The zero-order chi connectivity index (χ0) is 17.5. The molecule has 3 rings (SSSR count). The normalized spacial score (nSPS) is 16.7. The molecule has 2 heterocycles. The first-order valence-electron chi connectivity index (χ1n) is 7.12. The monoisotopic (exact) mass is 342 g/mol. The lowest BCUT2D eigenvalue weighted by Gasteiger charge is -2.47. The molecule has 0 spiro atoms. The van der Waals surface area contributed by atoms with Crippen LogP contribution in [0.4, 0.5) is 23.4 Å². The van der Waals surface area contributed by atoms with Crippen LogP contribution in [0.25, 0.3) is 0 Å². The summed E-state index contributed by atoms with van der Waals surface area (Å²) in [7, 11) is 0. The Labute approximate surface area is 135 Å². The van der Waals surface area contributed by atoms with E-state index in [-0.39, 0.29) is 11.6 Å². The highest BCUT2D eigenvalue weighted by molar-refractivity contribution is 5.49. The molecule has 0 bridgehead atoms. The van der Waals surface area contributed by atoms with Crippen molar-refractivity contribution in [2.24, 2.45) is 0 Å². The van der Waals surface area contributed by atoms with Crippen molar-refractivity contribution in [2.75, 3.05) is 18.0 Å². The van der Waals surface area contributed by atoms with Crippen LogP contribution < -0.4 is 9.64 Å². The second kappa shape index (κ2) is 5.62. The van der Waals surface area contributed by atoms with E-state index in [2.05, 4.69) is 4.98 Å². The Morgan fingerprint density at radius 1 is 1.17 bits per heavy atom. The molecular weight excluding hydrogens is 328 g/mol. The number of aliphatic hydroxyl groups is 1. The Morgan fingerprint density at radius 3 is 2.46 bits per heavy atom. The summed E-state index contributed by atoms with van der Waals surface area (Å²) in [5.74, 6) is 0.408. The number of benzene rings is 1. The average Bonchev–Trinajstić information content (AvgIpc) is 2.47. The molecule has 0 radical (unpaired) electrons. The number of rotatable bonds is 3. The van der Waals surface area contributed by atoms with Crippen molar-refractivity contribution in [1.29, 1.82) is 0 Å². The Morgan fingerprint density at radius 2 is 1.83 bits per heavy atom. The quantitative estimate of drug-likeness (QED) is 0.868. The topological polar surface area (TPSA) is 45.6 Å². The molecule has 1 N–H and O–H groups in total. The average molecular weight is 342 g/mol. The number of nitrogens with zero attached hydrogens (tertiary/aromatic N) is 2. The molecule has 1 aliphatic rings. The highest BCUT2D eigenvalue weighted by atomic mass is 19.4. The van der Waals surface area contributed by atoms with Gasteiger partial charge in [0.05, 0.1) is 13.1 Å². The number of hydrogen-bond donors (Lipinski definition) is 1. The largest absolute Gasteiger partial charge is 0.457 e. The Hall–Kier alpha value is -2.35. The SMILES string of the molecule is Cc1ccc(Oc2ccnc(N3CC(O)(C(F)(F)F)C3)c2)cc1F. The Kier molecular flexibility index (Phi) is 3.87. The first kappa shape index (κ1) is 16.5. The number of hydrogen-bond acceptors (Lipinski definition) is 4. The summed E-state index contributed by atoms with van der Waals surface area (Å²) in [5.41, 5.74) is -2.24. The molecule has 8 heteroatoms. The summed E-state index contributed by atoms with van der Waals surface area (Å²) in [6, 6.07) is 7.32. The van der Waals surface area contributed by atoms with Gasteiger partial charge in [0, 0.05) is 18.3 Å². The van der Waals surface area contributed by atoms with E-state index >= 15 is 0 Å². The predicted molar refractivity (Wildman–Crippen MR) is 78.7 cm³/mol. The van der Waals surface area contributed by atoms with Gasteiger partial charge in [0.2, 0.25) is 0 Å². The highest BCUT2D eigenvalue weighted by Gasteiger charge is 2.61. The van der Waals surface area contributed by atoms with E-state index in [1.807, 2.05) is 0 Å². The molecule has 1 aromatic carbocycles. The van der Waals surface area contributed by atoms with Gasteiger partial charge >= 0.3 is 6.18 Å². The summed E-state index contributed by atoms with van der Waals surface area (Å²) < 4.78 is 57.0. The minimum atomic E-state index is -4.68. The number of aryl methyl sites for hydroxylation is 1. The van der Waals surface area contributed by atoms with Crippen LogP contribution in [-0.4, -0.2) is 35.0 Å². The minimum absolute atomic E-state index is 0.244. The van der Waals surface area contributed by atoms with Gasteiger partial charge in [-0.2, -0.15) is 13.2 Å². The molecule has 0 saturated carbocycles. The van der Waals surface area contributed by atoms with Crippen LogP contribution in [0.15, 0.2) is 36.5 Å². The lowest BCUT2D eigenvalue weighted by Crippen LogP contribution is -2.69. The summed E-state index contributed by atoms with van der Waals surface area (Å²) in [6.45, 7) is 0.438. The smallest absolute Gasteiger partial charge is 0.420 e. The second-order valence-electron chi connectivity index (χ2n) is 5.75. The van der Waals surface area contributed by atoms with Gasteiger partial charge in [0.15, 0.2) is 5.60 Å². The van der Waals surface area contributed by atoms with Gasteiger partial charge in [-0.15, -0.1) is 0 Å². The van der Waals surface area contributed by atoms with Crippen LogP contribution in [0.2, 0.25) is 0 Å². The lowest BCUT2D eigenvalue weighted by molar-refractivity contribution is -0.267. The van der Waals surface area contributed by atoms with Gasteiger partial charge in [0.25, 0.3) is 0 Å². The van der Waals surface area contributed by atoms with E-state index in [1.54, 1.807) is 19.1 Å². The molecule has 2 aromatic rings. The van der Waals surface area contributed by atoms with Crippen LogP contribution in [0.3, 0.4) is 0 Å². The van der Waals surface area contributed by atoms with E-state index in [4.69, 9.17) is 4.74 Å². The molecule has 24 heavy (non-hydrogen) atoms. The molecule has 0 atom stereocenters. The predicted octanol–water partition coefficient (Wildman–Crippen LogP) is 3.43. The number of β-amino-alcohol motifs (C(OH)–C–C–N with tert-alkyl or cyclic N) is 1. The van der Waals surface area contributed by atoms with E-state index in [9.17, 15) is 22.7 Å². The summed E-state index contributed by atoms with van der Waals surface area (Å²) in [6.07, 6.45) is -3.31. The molecule has 1 aromatic heterocycles. The van der Waals surface area contributed by atoms with Gasteiger partial charge < -0.3 is 14.7 Å². The maximum absolute atomic E-state index is 13.5. The molecule has 0 aliphatic carbocycles. The number of alkyl halides is 3. The fraction of sp³-hybridized carbons (Fsp3) is 0.312. The van der Waals surface area contributed by atoms with Crippen LogP contribution in [0.5, 0.6) is 11.5 Å². The molecule has 4 nitrogen and oxygen atoms in total. The molecule has 0 unspecified atom stereocenters. The van der Waals surface area contributed by atoms with E-state index in [1.165, 1.54) is 29.3 Å². The first-order chi connectivity index (χ1) is 11.2. The van der Waals surface area contributed by atoms with E-state index < -0.39 is 30.7 Å². The molecule has 0 amide bonds. The van der Waals surface area contributed by atoms with Crippen LogP contribution >= 0.6 is 0 Å². The van der Waals surface area contributed by atoms with Gasteiger partial charge in [-0.05, 0) is 24.6 Å². The molecular formula is C16H14F4N2O2. The molecule has 1 aliphatic heterocycles. The molecule has 128 valence electrons.